The van der Waals surface area contributed by atoms with Crippen LogP contribution in [0.1, 0.15) is 37.4 Å². The maximum Gasteiger partial charge on any atom is 0.227 e. The minimum Gasteiger partial charge on any atom is -0.315 e. The third-order valence-electron chi connectivity index (χ3n) is 4.32. The van der Waals surface area contributed by atoms with E-state index in [1.54, 1.807) is 4.90 Å². The zero-order valence-electron chi connectivity index (χ0n) is 11.3. The molecule has 0 saturated carbocycles. The number of nitrogens with one attached hydrogen (secondary N) is 1. The number of nitrogens with zero attached hydrogens (tertiary/aromatic N) is 1. The van der Waals surface area contributed by atoms with Crippen molar-refractivity contribution in [2.45, 2.75) is 32.7 Å². The molecule has 1 fully saturated rings. The lowest BCUT2D eigenvalue weighted by atomic mass is 9.73. The predicted molar refractivity (Wildman–Crippen MR) is 72.7 cm³/mol. The summed E-state index contributed by atoms with van der Waals surface area (Å²) in [5.74, 6) is 0.220. The molecule has 0 aliphatic carbocycles. The lowest BCUT2D eigenvalue weighted by Crippen LogP contribution is -2.52. The van der Waals surface area contributed by atoms with Crippen molar-refractivity contribution in [2.75, 3.05) is 18.5 Å². The number of rotatable bonds is 1. The molecule has 2 aliphatic rings. The van der Waals surface area contributed by atoms with E-state index >= 15 is 0 Å². The Balaban J connectivity index is 1.95. The van der Waals surface area contributed by atoms with Crippen LogP contribution < -0.4 is 10.2 Å². The van der Waals surface area contributed by atoms with Gasteiger partial charge in [0.15, 0.2) is 0 Å². The molecule has 1 N–H and O–H groups in total. The van der Waals surface area contributed by atoms with E-state index in [-0.39, 0.29) is 5.91 Å². The number of anilines is 1. The summed E-state index contributed by atoms with van der Waals surface area (Å²) < 4.78 is 0. The number of fused-ring (bicyclic) bond motifs is 1. The molecule has 1 unspecified atom stereocenters. The van der Waals surface area contributed by atoms with Gasteiger partial charge in [0.2, 0.25) is 5.91 Å². The molecule has 0 bridgehead atoms. The summed E-state index contributed by atoms with van der Waals surface area (Å²) in [4.78, 5) is 13.4. The van der Waals surface area contributed by atoms with Crippen molar-refractivity contribution >= 4 is 11.6 Å². The van der Waals surface area contributed by atoms with Crippen LogP contribution >= 0.6 is 0 Å². The fourth-order valence-electron chi connectivity index (χ4n) is 3.04. The van der Waals surface area contributed by atoms with Crippen LogP contribution in [0.15, 0.2) is 18.2 Å². The summed E-state index contributed by atoms with van der Waals surface area (Å²) >= 11 is 0. The second kappa shape index (κ2) is 3.82. The Bertz CT molecular complexity index is 507. The monoisotopic (exact) mass is 244 g/mol. The first-order valence-corrected chi connectivity index (χ1v) is 6.62. The fourth-order valence-corrected chi connectivity index (χ4v) is 3.04. The van der Waals surface area contributed by atoms with E-state index in [1.165, 1.54) is 11.1 Å². The van der Waals surface area contributed by atoms with E-state index < -0.39 is 0 Å². The molecule has 1 amide bonds. The Hall–Kier alpha value is -1.35. The van der Waals surface area contributed by atoms with Gasteiger partial charge >= 0.3 is 0 Å². The van der Waals surface area contributed by atoms with E-state index in [0.717, 1.165) is 18.7 Å². The second-order valence-electron chi connectivity index (χ2n) is 6.14. The minimum absolute atomic E-state index is 0.220. The molecule has 1 aromatic carbocycles. The number of hydrogen-bond acceptors (Lipinski definition) is 2. The molecule has 18 heavy (non-hydrogen) atoms. The molecule has 3 rings (SSSR count). The molecule has 0 radical (unpaired) electrons. The first-order valence-electron chi connectivity index (χ1n) is 6.62. The average Bonchev–Trinajstić information content (AvgIpc) is 2.33. The molecule has 2 heterocycles. The van der Waals surface area contributed by atoms with Crippen molar-refractivity contribution < 1.29 is 4.79 Å². The van der Waals surface area contributed by atoms with Crippen LogP contribution in [0.2, 0.25) is 0 Å². The van der Waals surface area contributed by atoms with Crippen LogP contribution in [0.25, 0.3) is 0 Å². The molecule has 0 spiro atoms. The van der Waals surface area contributed by atoms with E-state index in [4.69, 9.17) is 0 Å². The highest BCUT2D eigenvalue weighted by molar-refractivity contribution is 5.95. The average molecular weight is 244 g/mol. The Morgan fingerprint density at radius 2 is 2.11 bits per heavy atom. The molecule has 1 atom stereocenters. The van der Waals surface area contributed by atoms with Gasteiger partial charge in [-0.05, 0) is 29.0 Å². The Labute approximate surface area is 108 Å². The Morgan fingerprint density at radius 3 is 2.72 bits per heavy atom. The summed E-state index contributed by atoms with van der Waals surface area (Å²) in [5, 5.41) is 3.50. The molecule has 3 nitrogen and oxygen atoms in total. The van der Waals surface area contributed by atoms with Gasteiger partial charge in [-0.3, -0.25) is 4.79 Å². The van der Waals surface area contributed by atoms with Crippen LogP contribution in [0.5, 0.6) is 0 Å². The van der Waals surface area contributed by atoms with Crippen molar-refractivity contribution in [3.05, 3.63) is 29.3 Å². The van der Waals surface area contributed by atoms with Gasteiger partial charge in [-0.1, -0.05) is 26.0 Å². The predicted octanol–water partition coefficient (Wildman–Crippen LogP) is 2.27. The highest BCUT2D eigenvalue weighted by atomic mass is 16.2. The van der Waals surface area contributed by atoms with Gasteiger partial charge < -0.3 is 10.2 Å². The number of amides is 1. The van der Waals surface area contributed by atoms with Crippen LogP contribution in [0, 0.1) is 5.41 Å². The Kier molecular flexibility index (Phi) is 2.49. The molecule has 96 valence electrons. The second-order valence-corrected chi connectivity index (χ2v) is 6.14. The van der Waals surface area contributed by atoms with Gasteiger partial charge in [0.1, 0.15) is 0 Å². The molecular weight excluding hydrogens is 224 g/mol. The highest BCUT2D eigenvalue weighted by Crippen LogP contribution is 2.41. The lowest BCUT2D eigenvalue weighted by Gasteiger charge is -2.46. The smallest absolute Gasteiger partial charge is 0.227 e. The summed E-state index contributed by atoms with van der Waals surface area (Å²) in [6, 6.07) is 6.98. The third-order valence-corrected chi connectivity index (χ3v) is 4.32. The topological polar surface area (TPSA) is 32.3 Å². The maximum absolute atomic E-state index is 11.7. The SMILES string of the molecule is CN1C(=O)CCc2cc(C3NCC3(C)C)ccc21. The van der Waals surface area contributed by atoms with E-state index in [2.05, 4.69) is 37.4 Å². The van der Waals surface area contributed by atoms with Gasteiger partial charge in [-0.15, -0.1) is 0 Å². The first kappa shape index (κ1) is 11.7. The lowest BCUT2D eigenvalue weighted by molar-refractivity contribution is -0.118. The van der Waals surface area contributed by atoms with Crippen molar-refractivity contribution in [2.24, 2.45) is 5.41 Å². The molecular formula is C15H20N2O. The number of aryl methyl sites for hydroxylation is 1. The maximum atomic E-state index is 11.7. The number of benzene rings is 1. The van der Waals surface area contributed by atoms with Crippen LogP contribution in [-0.4, -0.2) is 19.5 Å². The molecule has 2 aliphatic heterocycles. The van der Waals surface area contributed by atoms with Gasteiger partial charge in [-0.2, -0.15) is 0 Å². The van der Waals surface area contributed by atoms with E-state index in [0.29, 0.717) is 17.9 Å². The van der Waals surface area contributed by atoms with Crippen LogP contribution in [-0.2, 0) is 11.2 Å². The van der Waals surface area contributed by atoms with Crippen molar-refractivity contribution in [3.8, 4) is 0 Å². The van der Waals surface area contributed by atoms with E-state index in [1.807, 2.05) is 7.05 Å². The summed E-state index contributed by atoms with van der Waals surface area (Å²) in [6.07, 6.45) is 1.51. The summed E-state index contributed by atoms with van der Waals surface area (Å²) in [7, 11) is 1.87. The molecule has 0 aromatic heterocycles. The third kappa shape index (κ3) is 1.65. The molecule has 3 heteroatoms. The quantitative estimate of drug-likeness (QED) is 0.822. The molecule has 1 aromatic rings. The van der Waals surface area contributed by atoms with Crippen molar-refractivity contribution in [3.63, 3.8) is 0 Å². The van der Waals surface area contributed by atoms with Gasteiger partial charge in [-0.25, -0.2) is 0 Å². The van der Waals surface area contributed by atoms with Gasteiger partial charge in [0.05, 0.1) is 0 Å². The van der Waals surface area contributed by atoms with Crippen LogP contribution in [0.3, 0.4) is 0 Å². The van der Waals surface area contributed by atoms with Gasteiger partial charge in [0.25, 0.3) is 0 Å². The van der Waals surface area contributed by atoms with Crippen molar-refractivity contribution in [1.82, 2.24) is 5.32 Å². The summed E-state index contributed by atoms with van der Waals surface area (Å²) in [6.45, 7) is 5.67. The normalized spacial score (nSPS) is 25.6. The van der Waals surface area contributed by atoms with Gasteiger partial charge in [0, 0.05) is 31.7 Å². The highest BCUT2D eigenvalue weighted by Gasteiger charge is 2.39. The summed E-state index contributed by atoms with van der Waals surface area (Å²) in [5.41, 5.74) is 4.07. The first-order chi connectivity index (χ1) is 8.49. The minimum atomic E-state index is 0.220. The fraction of sp³-hybridized carbons (Fsp3) is 0.533. The zero-order chi connectivity index (χ0) is 12.9. The molecule has 1 saturated heterocycles. The van der Waals surface area contributed by atoms with Crippen LogP contribution in [0.4, 0.5) is 5.69 Å². The van der Waals surface area contributed by atoms with Crippen molar-refractivity contribution in [1.29, 1.82) is 0 Å². The number of carbonyl (C=O) groups excluding carboxylic acids is 1. The number of carbonyl (C=O) groups is 1. The number of hydrogen-bond donors (Lipinski definition) is 1. The van der Waals surface area contributed by atoms with E-state index in [9.17, 15) is 4.79 Å². The Morgan fingerprint density at radius 1 is 1.33 bits per heavy atom. The standard InChI is InChI=1S/C15H20N2O/c1-15(2)9-16-14(15)11-4-6-12-10(8-11)5-7-13(18)17(12)3/h4,6,8,14,16H,5,7,9H2,1-3H3. The zero-order valence-corrected chi connectivity index (χ0v) is 11.3. The largest absolute Gasteiger partial charge is 0.315 e.